The predicted molar refractivity (Wildman–Crippen MR) is 61.9 cm³/mol. The Hall–Kier alpha value is -1.09. The summed E-state index contributed by atoms with van der Waals surface area (Å²) in [6.45, 7) is 17.1. The zero-order valence-corrected chi connectivity index (χ0v) is 11.6. The second kappa shape index (κ2) is 23.6. The number of imidazole rings is 1. The van der Waals surface area contributed by atoms with Crippen molar-refractivity contribution < 1.29 is 29.1 Å². The summed E-state index contributed by atoms with van der Waals surface area (Å²) in [6.07, 6.45) is 5.53. The molecule has 1 aromatic heterocycles. The molecule has 0 atom stereocenters. The maximum absolute atomic E-state index is 7.75. The number of allylic oxidation sites excluding steroid dienone is 1. The normalized spacial score (nSPS) is 6.19. The zero-order valence-electron chi connectivity index (χ0n) is 9.87. The molecule has 0 spiro atoms. The number of hydrogen-bond donors (Lipinski definition) is 0. The summed E-state index contributed by atoms with van der Waals surface area (Å²) in [5.74, 6) is 0. The van der Waals surface area contributed by atoms with Crippen molar-refractivity contribution in [2.45, 2.75) is 27.3 Å². The van der Waals surface area contributed by atoms with Crippen LogP contribution in [0.25, 0.3) is 0 Å². The second-order valence-corrected chi connectivity index (χ2v) is 2.60. The fourth-order valence-electron chi connectivity index (χ4n) is 0.474. The van der Waals surface area contributed by atoms with E-state index in [1.54, 1.807) is 12.5 Å². The van der Waals surface area contributed by atoms with Crippen molar-refractivity contribution in [2.75, 3.05) is 0 Å². The molecular weight excluding hydrogens is 293 g/mol. The number of aromatic nitrogens is 2. The molecule has 5 heteroatoms. The fourth-order valence-corrected chi connectivity index (χ4v) is 0.474. The predicted octanol–water partition coefficient (Wildman–Crippen LogP) is 1.93. The van der Waals surface area contributed by atoms with Crippen molar-refractivity contribution >= 4 is 13.6 Å². The van der Waals surface area contributed by atoms with Crippen LogP contribution in [0.15, 0.2) is 30.9 Å². The van der Waals surface area contributed by atoms with E-state index >= 15 is 0 Å². The third kappa shape index (κ3) is 29.3. The van der Waals surface area contributed by atoms with Crippen molar-refractivity contribution in [2.24, 2.45) is 0 Å². The zero-order chi connectivity index (χ0) is 12.7. The standard InChI is InChI=1S/C5H8N2.C4H8.2CHO.Ru/c1-2-7-4-3-6-5-7;1-4(2)3;2*1-2;/h3-5H,2H2,1H3;1H2,2-3H3;2*1H;/q;;2*-1;+2. The van der Waals surface area contributed by atoms with Gasteiger partial charge in [0.25, 0.3) is 0 Å². The van der Waals surface area contributed by atoms with Crippen LogP contribution < -0.4 is 0 Å². The van der Waals surface area contributed by atoms with E-state index in [2.05, 4.69) is 32.1 Å². The molecule has 92 valence electrons. The molecular formula is C11H18N2O2Ru. The summed E-state index contributed by atoms with van der Waals surface area (Å²) in [6, 6.07) is 0. The average Bonchev–Trinajstić information content (AvgIpc) is 2.75. The van der Waals surface area contributed by atoms with Crippen LogP contribution in [-0.4, -0.2) is 23.1 Å². The van der Waals surface area contributed by atoms with Gasteiger partial charge in [-0.05, 0) is 20.8 Å². The van der Waals surface area contributed by atoms with E-state index in [4.69, 9.17) is 9.59 Å². The quantitative estimate of drug-likeness (QED) is 0.345. The molecule has 0 amide bonds. The summed E-state index contributed by atoms with van der Waals surface area (Å²) in [4.78, 5) is 19.4. The summed E-state index contributed by atoms with van der Waals surface area (Å²) in [7, 11) is 0. The van der Waals surface area contributed by atoms with Gasteiger partial charge in [-0.25, -0.2) is 4.98 Å². The van der Waals surface area contributed by atoms with E-state index in [1.807, 2.05) is 24.6 Å². The minimum absolute atomic E-state index is 0. The summed E-state index contributed by atoms with van der Waals surface area (Å²) in [5.41, 5.74) is 1.17. The van der Waals surface area contributed by atoms with Gasteiger partial charge in [0.15, 0.2) is 0 Å². The van der Waals surface area contributed by atoms with Crippen LogP contribution in [-0.2, 0) is 35.6 Å². The molecule has 0 aromatic carbocycles. The number of nitrogens with zero attached hydrogens (tertiary/aromatic N) is 2. The van der Waals surface area contributed by atoms with E-state index in [0.717, 1.165) is 6.54 Å². The first-order valence-electron chi connectivity index (χ1n) is 4.21. The molecule has 0 saturated carbocycles. The van der Waals surface area contributed by atoms with E-state index < -0.39 is 0 Å². The first kappa shape index (κ1) is 24.2. The van der Waals surface area contributed by atoms with Gasteiger partial charge < -0.3 is 14.2 Å². The Morgan fingerprint density at radius 1 is 1.31 bits per heavy atom. The number of aryl methyl sites for hydroxylation is 1. The Morgan fingerprint density at radius 3 is 1.81 bits per heavy atom. The van der Waals surface area contributed by atoms with Crippen LogP contribution >= 0.6 is 0 Å². The summed E-state index contributed by atoms with van der Waals surface area (Å²) < 4.78 is 2.01. The molecule has 0 aliphatic carbocycles. The van der Waals surface area contributed by atoms with Gasteiger partial charge in [0.05, 0.1) is 6.33 Å². The molecule has 0 radical (unpaired) electrons. The number of rotatable bonds is 1. The minimum atomic E-state index is 0. The molecule has 1 rings (SSSR count). The van der Waals surface area contributed by atoms with Crippen LogP contribution in [0.4, 0.5) is 0 Å². The number of hydrogen-bond acceptors (Lipinski definition) is 3. The molecule has 1 aromatic rings. The van der Waals surface area contributed by atoms with Crippen LogP contribution in [0.1, 0.15) is 20.8 Å². The maximum Gasteiger partial charge on any atom is 2.00 e. The van der Waals surface area contributed by atoms with E-state index in [1.165, 1.54) is 5.57 Å². The average molecular weight is 311 g/mol. The molecule has 0 unspecified atom stereocenters. The monoisotopic (exact) mass is 312 g/mol. The van der Waals surface area contributed by atoms with E-state index in [-0.39, 0.29) is 19.5 Å². The van der Waals surface area contributed by atoms with Crippen molar-refractivity contribution in [1.29, 1.82) is 0 Å². The summed E-state index contributed by atoms with van der Waals surface area (Å²) >= 11 is 0. The van der Waals surface area contributed by atoms with Gasteiger partial charge in [0.1, 0.15) is 0 Å². The van der Waals surface area contributed by atoms with Gasteiger partial charge in [-0.2, -0.15) is 0 Å². The first-order valence-corrected chi connectivity index (χ1v) is 4.21. The Balaban J connectivity index is -0.0000000702. The van der Waals surface area contributed by atoms with Crippen molar-refractivity contribution in [3.05, 3.63) is 30.9 Å². The Labute approximate surface area is 111 Å². The van der Waals surface area contributed by atoms with Crippen molar-refractivity contribution in [3.8, 4) is 0 Å². The molecule has 0 aliphatic heterocycles. The molecule has 1 heterocycles. The van der Waals surface area contributed by atoms with Gasteiger partial charge in [-0.15, -0.1) is 6.58 Å². The molecule has 0 fully saturated rings. The largest absolute Gasteiger partial charge is 2.00 e. The van der Waals surface area contributed by atoms with Crippen LogP contribution in [0.2, 0.25) is 0 Å². The second-order valence-electron chi connectivity index (χ2n) is 2.60. The van der Waals surface area contributed by atoms with Crippen LogP contribution in [0, 0.1) is 0 Å². The molecule has 0 saturated heterocycles. The van der Waals surface area contributed by atoms with Crippen molar-refractivity contribution in [1.82, 2.24) is 9.55 Å². The first-order chi connectivity index (χ1) is 7.16. The third-order valence-corrected chi connectivity index (χ3v) is 0.924. The SMILES string of the molecule is C=C(C)C.CCn1ccnc1.[CH-]=O.[CH-]=O.[Ru+2]. The Bertz CT molecular complexity index is 220. The third-order valence-electron chi connectivity index (χ3n) is 0.924. The van der Waals surface area contributed by atoms with Gasteiger partial charge in [-0.3, -0.25) is 13.6 Å². The van der Waals surface area contributed by atoms with Crippen molar-refractivity contribution in [3.63, 3.8) is 0 Å². The van der Waals surface area contributed by atoms with Gasteiger partial charge in [0, 0.05) is 18.9 Å². The molecule has 0 bridgehead atoms. The Morgan fingerprint density at radius 2 is 1.69 bits per heavy atom. The molecule has 4 nitrogen and oxygen atoms in total. The Kier molecular flexibility index (Phi) is 35.8. The molecule has 0 N–H and O–H groups in total. The minimum Gasteiger partial charge on any atom is -0.545 e. The maximum atomic E-state index is 7.75. The van der Waals surface area contributed by atoms with Gasteiger partial charge >= 0.3 is 19.5 Å². The van der Waals surface area contributed by atoms with Gasteiger partial charge in [-0.1, -0.05) is 5.57 Å². The molecule has 0 aliphatic rings. The van der Waals surface area contributed by atoms with E-state index in [0.29, 0.717) is 0 Å². The summed E-state index contributed by atoms with van der Waals surface area (Å²) in [5, 5.41) is 0. The van der Waals surface area contributed by atoms with Crippen LogP contribution in [0.3, 0.4) is 0 Å². The molecule has 16 heavy (non-hydrogen) atoms. The fraction of sp³-hybridized carbons (Fsp3) is 0.364. The topological polar surface area (TPSA) is 52.0 Å². The van der Waals surface area contributed by atoms with Gasteiger partial charge in [0.2, 0.25) is 0 Å². The van der Waals surface area contributed by atoms with E-state index in [9.17, 15) is 0 Å². The smallest absolute Gasteiger partial charge is 0.545 e. The number of carbonyl (C=O) groups excluding carboxylic acids is 2. The van der Waals surface area contributed by atoms with Crippen LogP contribution in [0.5, 0.6) is 0 Å².